The number of benzene rings is 4. The zero-order valence-corrected chi connectivity index (χ0v) is 32.0. The average molecular weight is 751 g/mol. The van der Waals surface area contributed by atoms with Crippen LogP contribution in [0.15, 0.2) is 60.7 Å². The molecule has 0 bridgehead atoms. The van der Waals surface area contributed by atoms with Gasteiger partial charge in [-0.1, -0.05) is 42.4 Å². The maximum absolute atomic E-state index is 6.33. The van der Waals surface area contributed by atoms with E-state index >= 15 is 0 Å². The maximum Gasteiger partial charge on any atom is 0.161 e. The highest BCUT2D eigenvalue weighted by Gasteiger charge is 2.31. The molecule has 282 valence electrons. The fourth-order valence-corrected chi connectivity index (χ4v) is 7.74. The predicted molar refractivity (Wildman–Crippen MR) is 229 cm³/mol. The molecule has 0 radical (unpaired) electrons. The van der Waals surface area contributed by atoms with E-state index in [1.807, 2.05) is 34.1 Å². The van der Waals surface area contributed by atoms with Crippen LogP contribution in [-0.4, -0.2) is 52.9 Å². The van der Waals surface area contributed by atoms with Crippen LogP contribution >= 0.6 is 0 Å². The van der Waals surface area contributed by atoms with Gasteiger partial charge in [-0.05, 0) is 95.3 Å². The zero-order chi connectivity index (χ0) is 39.9. The molecule has 1 atom stereocenters. The topological polar surface area (TPSA) is 49.9 Å². The average Bonchev–Trinajstić information content (AvgIpc) is 3.23. The summed E-state index contributed by atoms with van der Waals surface area (Å²) in [6, 6.07) is 20.7. The molecular weight excluding hydrogens is 709 g/mol. The number of anilines is 4. The number of terminal acetylenes is 6. The molecule has 57 heavy (non-hydrogen) atoms. The van der Waals surface area contributed by atoms with Gasteiger partial charge < -0.3 is 38.5 Å². The van der Waals surface area contributed by atoms with Crippen molar-refractivity contribution in [3.05, 3.63) is 82.9 Å². The van der Waals surface area contributed by atoms with Gasteiger partial charge in [-0.25, -0.2) is 0 Å². The highest BCUT2D eigenvalue weighted by atomic mass is 16.5. The molecule has 1 aliphatic carbocycles. The van der Waals surface area contributed by atoms with Gasteiger partial charge in [0, 0.05) is 22.5 Å². The molecule has 4 aromatic carbocycles. The standard InChI is InChI=1S/C49H42N4O4/c1-8-18-50(19-9-2)39-14-16-46-37(25-39)31-52(33-56-46)44-28-42-36(27-48(44)54-22-12-5)24-35(7)41-30-49(55-23-13-6)45(29-43(41)42)53-32-38-26-40(15-17-47(38)57-34-53)51(20-10-3)21-11-4/h1-6,14-17,25-30,35H,18-24,31-34H2,7H3. The first-order chi connectivity index (χ1) is 27.9. The molecule has 4 aromatic rings. The van der Waals surface area contributed by atoms with Gasteiger partial charge in [0.2, 0.25) is 0 Å². The van der Waals surface area contributed by atoms with Gasteiger partial charge in [0.15, 0.2) is 13.5 Å². The second-order valence-corrected chi connectivity index (χ2v) is 14.0. The fourth-order valence-electron chi connectivity index (χ4n) is 7.74. The maximum atomic E-state index is 6.33. The predicted octanol–water partition coefficient (Wildman–Crippen LogP) is 6.90. The molecule has 0 spiro atoms. The SMILES string of the molecule is C#CCOc1cc2c(cc1N1COc3ccc(N(CC#C)CC#C)cc3C1)-c1cc(N3COc4ccc(N(CC#C)CC#C)cc4C3)c(OCC#C)cc1C(C)C2. The summed E-state index contributed by atoms with van der Waals surface area (Å²) in [6.07, 6.45) is 34.9. The Hall–Kier alpha value is -7.36. The first-order valence-electron chi connectivity index (χ1n) is 18.6. The van der Waals surface area contributed by atoms with Crippen molar-refractivity contribution in [1.29, 1.82) is 0 Å². The Bertz CT molecular complexity index is 2410. The molecule has 2 heterocycles. The third-order valence-corrected chi connectivity index (χ3v) is 10.4. The molecule has 7 rings (SSSR count). The van der Waals surface area contributed by atoms with E-state index in [4.69, 9.17) is 57.5 Å². The number of ether oxygens (including phenoxy) is 4. The smallest absolute Gasteiger partial charge is 0.161 e. The van der Waals surface area contributed by atoms with Crippen molar-refractivity contribution in [3.63, 3.8) is 0 Å². The second kappa shape index (κ2) is 17.0. The molecule has 1 unspecified atom stereocenters. The van der Waals surface area contributed by atoms with Gasteiger partial charge in [-0.15, -0.1) is 38.5 Å². The van der Waals surface area contributed by atoms with Crippen LogP contribution in [0.2, 0.25) is 0 Å². The molecule has 0 saturated heterocycles. The number of nitrogens with zero attached hydrogens (tertiary/aromatic N) is 4. The Balaban J connectivity index is 1.28. The Morgan fingerprint density at radius 1 is 0.596 bits per heavy atom. The van der Waals surface area contributed by atoms with E-state index in [0.717, 1.165) is 74.1 Å². The van der Waals surface area contributed by atoms with Gasteiger partial charge in [-0.3, -0.25) is 0 Å². The molecule has 3 aliphatic rings. The normalized spacial score (nSPS) is 14.4. The Morgan fingerprint density at radius 3 is 1.54 bits per heavy atom. The summed E-state index contributed by atoms with van der Waals surface area (Å²) < 4.78 is 25.1. The fraction of sp³-hybridized carbons (Fsp3) is 0.265. The second-order valence-electron chi connectivity index (χ2n) is 14.0. The first kappa shape index (κ1) is 37.9. The van der Waals surface area contributed by atoms with Crippen molar-refractivity contribution in [3.8, 4) is 108 Å². The lowest BCUT2D eigenvalue weighted by Gasteiger charge is -2.36. The van der Waals surface area contributed by atoms with Gasteiger partial charge in [-0.2, -0.15) is 0 Å². The summed E-state index contributed by atoms with van der Waals surface area (Å²) in [7, 11) is 0. The summed E-state index contributed by atoms with van der Waals surface area (Å²) in [4.78, 5) is 8.28. The largest absolute Gasteiger partial charge is 0.479 e. The van der Waals surface area contributed by atoms with E-state index in [2.05, 4.69) is 88.6 Å². The minimum Gasteiger partial charge on any atom is -0.479 e. The minimum atomic E-state index is 0.126. The highest BCUT2D eigenvalue weighted by Crippen LogP contribution is 2.49. The quantitative estimate of drug-likeness (QED) is 0.145. The van der Waals surface area contributed by atoms with Crippen molar-refractivity contribution in [2.75, 3.05) is 72.5 Å². The molecule has 0 saturated carbocycles. The first-order valence-corrected chi connectivity index (χ1v) is 18.6. The molecule has 0 aromatic heterocycles. The molecule has 8 nitrogen and oxygen atoms in total. The van der Waals surface area contributed by atoms with Gasteiger partial charge >= 0.3 is 0 Å². The van der Waals surface area contributed by atoms with Crippen molar-refractivity contribution >= 4 is 22.7 Å². The van der Waals surface area contributed by atoms with Crippen LogP contribution in [0.4, 0.5) is 22.7 Å². The lowest BCUT2D eigenvalue weighted by molar-refractivity contribution is 0.286. The summed E-state index contributed by atoms with van der Waals surface area (Å²) >= 11 is 0. The van der Waals surface area contributed by atoms with Crippen molar-refractivity contribution in [1.82, 2.24) is 0 Å². The molecule has 2 aliphatic heterocycles. The summed E-state index contributed by atoms with van der Waals surface area (Å²) in [5.74, 6) is 19.3. The highest BCUT2D eigenvalue weighted by molar-refractivity contribution is 5.84. The Morgan fingerprint density at radius 2 is 1.07 bits per heavy atom. The molecular formula is C49H42N4O4. The van der Waals surface area contributed by atoms with Gasteiger partial charge in [0.25, 0.3) is 0 Å². The van der Waals surface area contributed by atoms with Gasteiger partial charge in [0.1, 0.15) is 36.2 Å². The molecule has 0 N–H and O–H groups in total. The van der Waals surface area contributed by atoms with Crippen molar-refractivity contribution < 1.29 is 18.9 Å². The van der Waals surface area contributed by atoms with Crippen LogP contribution < -0.4 is 38.5 Å². The number of fused-ring (bicyclic) bond motifs is 5. The van der Waals surface area contributed by atoms with E-state index in [0.29, 0.717) is 64.2 Å². The lowest BCUT2D eigenvalue weighted by atomic mass is 9.78. The summed E-state index contributed by atoms with van der Waals surface area (Å²) in [5, 5.41) is 0. The van der Waals surface area contributed by atoms with Gasteiger partial charge in [0.05, 0.1) is 50.6 Å². The Labute approximate surface area is 336 Å². The van der Waals surface area contributed by atoms with E-state index in [1.165, 1.54) is 0 Å². The van der Waals surface area contributed by atoms with Crippen molar-refractivity contribution in [2.45, 2.75) is 32.4 Å². The monoisotopic (exact) mass is 750 g/mol. The zero-order valence-electron chi connectivity index (χ0n) is 32.0. The molecule has 0 fully saturated rings. The number of rotatable bonds is 12. The number of hydrogen-bond donors (Lipinski definition) is 0. The molecule has 0 amide bonds. The summed E-state index contributed by atoms with van der Waals surface area (Å²) in [5.41, 5.74) is 10.1. The number of hydrogen-bond acceptors (Lipinski definition) is 8. The van der Waals surface area contributed by atoms with Crippen LogP contribution in [0.25, 0.3) is 11.1 Å². The minimum absolute atomic E-state index is 0.126. The molecule has 8 heteroatoms. The van der Waals surface area contributed by atoms with E-state index in [-0.39, 0.29) is 19.1 Å². The van der Waals surface area contributed by atoms with E-state index < -0.39 is 0 Å². The van der Waals surface area contributed by atoms with Crippen LogP contribution in [0, 0.1) is 74.1 Å². The lowest BCUT2D eigenvalue weighted by Crippen LogP contribution is -2.33. The Kier molecular flexibility index (Phi) is 11.3. The van der Waals surface area contributed by atoms with Crippen molar-refractivity contribution in [2.24, 2.45) is 0 Å². The van der Waals surface area contributed by atoms with Crippen LogP contribution in [-0.2, 0) is 19.5 Å². The third kappa shape index (κ3) is 7.78. The third-order valence-electron chi connectivity index (χ3n) is 10.4. The van der Waals surface area contributed by atoms with E-state index in [1.54, 1.807) is 0 Å². The van der Waals surface area contributed by atoms with Crippen LogP contribution in [0.3, 0.4) is 0 Å². The summed E-state index contributed by atoms with van der Waals surface area (Å²) in [6.45, 7) is 5.81. The van der Waals surface area contributed by atoms with E-state index in [9.17, 15) is 0 Å². The van der Waals surface area contributed by atoms with Crippen LogP contribution in [0.1, 0.15) is 35.1 Å². The van der Waals surface area contributed by atoms with Crippen LogP contribution in [0.5, 0.6) is 23.0 Å².